The third-order valence-corrected chi connectivity index (χ3v) is 7.22. The number of aromatic amines is 1. The number of aryl methyl sites for hydroxylation is 1. The van der Waals surface area contributed by atoms with Crippen LogP contribution in [0, 0.1) is 30.1 Å². The fraction of sp³-hybridized carbons (Fsp3) is 0.400. The molecule has 0 bridgehead atoms. The van der Waals surface area contributed by atoms with Gasteiger partial charge in [0.2, 0.25) is 0 Å². The first-order valence-corrected chi connectivity index (χ1v) is 13.2. The van der Waals surface area contributed by atoms with Gasteiger partial charge >= 0.3 is 12.1 Å². The van der Waals surface area contributed by atoms with Crippen LogP contribution in [0.3, 0.4) is 0 Å². The molecule has 3 atom stereocenters. The number of H-pyrrole nitrogens is 1. The van der Waals surface area contributed by atoms with Crippen LogP contribution in [-0.2, 0) is 14.3 Å². The first-order chi connectivity index (χ1) is 19.0. The van der Waals surface area contributed by atoms with Gasteiger partial charge in [0.25, 0.3) is 5.56 Å². The molecule has 3 unspecified atom stereocenters. The fourth-order valence-electron chi connectivity index (χ4n) is 5.48. The van der Waals surface area contributed by atoms with Crippen molar-refractivity contribution < 1.29 is 23.8 Å². The maximum atomic E-state index is 13.8. The van der Waals surface area contributed by atoms with Gasteiger partial charge in [0, 0.05) is 17.1 Å². The zero-order valence-electron chi connectivity index (χ0n) is 23.4. The zero-order chi connectivity index (χ0) is 28.9. The number of hydrogen-bond acceptors (Lipinski definition) is 7. The monoisotopic (exact) mass is 544 g/mol. The minimum Gasteiger partial charge on any atom is -0.496 e. The number of fused-ring (bicyclic) bond motifs is 2. The maximum Gasteiger partial charge on any atom is 0.419 e. The number of benzene rings is 2. The Kier molecular flexibility index (Phi) is 6.70. The average molecular weight is 545 g/mol. The van der Waals surface area contributed by atoms with Gasteiger partial charge in [-0.25, -0.2) is 9.48 Å². The Morgan fingerprint density at radius 2 is 1.95 bits per heavy atom. The molecule has 1 aliphatic rings. The van der Waals surface area contributed by atoms with E-state index in [1.165, 1.54) is 9.25 Å². The van der Waals surface area contributed by atoms with E-state index in [-0.39, 0.29) is 24.1 Å². The van der Waals surface area contributed by atoms with Gasteiger partial charge in [-0.05, 0) is 82.9 Å². The van der Waals surface area contributed by atoms with Crippen LogP contribution >= 0.6 is 0 Å². The second kappa shape index (κ2) is 9.90. The molecule has 0 aliphatic heterocycles. The second-order valence-corrected chi connectivity index (χ2v) is 11.1. The lowest BCUT2D eigenvalue weighted by molar-refractivity contribution is -0.145. The number of carbonyl (C=O) groups excluding carboxylic acids is 2. The topological polar surface area (TPSA) is 128 Å². The van der Waals surface area contributed by atoms with Crippen LogP contribution in [0.25, 0.3) is 21.8 Å². The summed E-state index contributed by atoms with van der Waals surface area (Å²) in [6.45, 7) is 9.30. The number of hydrogen-bond donors (Lipinski definition) is 1. The van der Waals surface area contributed by atoms with Crippen molar-refractivity contribution in [3.8, 4) is 11.8 Å². The van der Waals surface area contributed by atoms with E-state index in [0.29, 0.717) is 45.1 Å². The molecule has 208 valence electrons. The quantitative estimate of drug-likeness (QED) is 0.337. The van der Waals surface area contributed by atoms with Crippen LogP contribution < -0.4 is 10.3 Å². The smallest absolute Gasteiger partial charge is 0.419 e. The van der Waals surface area contributed by atoms with Gasteiger partial charge in [0.15, 0.2) is 0 Å². The minimum absolute atomic E-state index is 0.257. The highest BCUT2D eigenvalue weighted by atomic mass is 16.6. The van der Waals surface area contributed by atoms with E-state index >= 15 is 0 Å². The molecule has 40 heavy (non-hydrogen) atoms. The summed E-state index contributed by atoms with van der Waals surface area (Å²) in [5.74, 6) is -0.478. The SMILES string of the molecule is CCOC(=O)C1CC1C(c1c(OC)cc(C)c2c1ccn2C(=O)OC(C)(C)C)n1[nH]c2ccc(C#N)cc2c1=O. The summed E-state index contributed by atoms with van der Waals surface area (Å²) in [5.41, 5.74) is 1.99. The van der Waals surface area contributed by atoms with Crippen molar-refractivity contribution >= 4 is 33.9 Å². The summed E-state index contributed by atoms with van der Waals surface area (Å²) >= 11 is 0. The molecule has 0 saturated heterocycles. The Bertz CT molecular complexity index is 1750. The molecule has 1 N–H and O–H groups in total. The zero-order valence-corrected chi connectivity index (χ0v) is 23.4. The molecule has 2 aromatic heterocycles. The van der Waals surface area contributed by atoms with Crippen LogP contribution in [0.5, 0.6) is 5.75 Å². The molecule has 2 aromatic carbocycles. The molecule has 2 heterocycles. The summed E-state index contributed by atoms with van der Waals surface area (Å²) in [6.07, 6.45) is 1.63. The van der Waals surface area contributed by atoms with E-state index in [2.05, 4.69) is 11.2 Å². The average Bonchev–Trinajstić information content (AvgIpc) is 3.44. The van der Waals surface area contributed by atoms with E-state index in [4.69, 9.17) is 14.2 Å². The third kappa shape index (κ3) is 4.62. The lowest BCUT2D eigenvalue weighted by Crippen LogP contribution is -2.28. The highest BCUT2D eigenvalue weighted by molar-refractivity contribution is 5.95. The van der Waals surface area contributed by atoms with Gasteiger partial charge < -0.3 is 14.2 Å². The van der Waals surface area contributed by atoms with Gasteiger partial charge in [0.1, 0.15) is 11.4 Å². The number of carbonyl (C=O) groups is 2. The van der Waals surface area contributed by atoms with E-state index < -0.39 is 23.7 Å². The Morgan fingerprint density at radius 1 is 1.20 bits per heavy atom. The fourth-order valence-corrected chi connectivity index (χ4v) is 5.48. The number of rotatable bonds is 6. The summed E-state index contributed by atoms with van der Waals surface area (Å²) in [7, 11) is 1.55. The molecule has 10 heteroatoms. The van der Waals surface area contributed by atoms with Crippen molar-refractivity contribution in [1.82, 2.24) is 14.3 Å². The lowest BCUT2D eigenvalue weighted by atomic mass is 9.94. The van der Waals surface area contributed by atoms with Gasteiger partial charge in [-0.2, -0.15) is 5.26 Å². The largest absolute Gasteiger partial charge is 0.496 e. The molecule has 10 nitrogen and oxygen atoms in total. The van der Waals surface area contributed by atoms with Crippen molar-refractivity contribution in [2.24, 2.45) is 11.8 Å². The number of aromatic nitrogens is 3. The molecule has 5 rings (SSSR count). The van der Waals surface area contributed by atoms with E-state index in [9.17, 15) is 19.6 Å². The van der Waals surface area contributed by atoms with E-state index in [1.54, 1.807) is 65.3 Å². The molecule has 1 fully saturated rings. The van der Waals surface area contributed by atoms with E-state index in [0.717, 1.165) is 5.56 Å². The second-order valence-electron chi connectivity index (χ2n) is 11.1. The lowest BCUT2D eigenvalue weighted by Gasteiger charge is -2.24. The van der Waals surface area contributed by atoms with Gasteiger partial charge in [-0.15, -0.1) is 0 Å². The Balaban J connectivity index is 1.76. The molecule has 0 spiro atoms. The molecule has 0 radical (unpaired) electrons. The number of nitriles is 1. The normalized spacial score (nSPS) is 17.4. The minimum atomic E-state index is -0.694. The molecular formula is C30H32N4O6. The summed E-state index contributed by atoms with van der Waals surface area (Å²) in [6, 6.07) is 9.95. The van der Waals surface area contributed by atoms with Gasteiger partial charge in [0.05, 0.1) is 53.7 Å². The predicted octanol–water partition coefficient (Wildman–Crippen LogP) is 5.04. The van der Waals surface area contributed by atoms with Crippen molar-refractivity contribution in [2.45, 2.75) is 52.7 Å². The van der Waals surface area contributed by atoms with Crippen molar-refractivity contribution in [1.29, 1.82) is 5.26 Å². The van der Waals surface area contributed by atoms with E-state index in [1.807, 2.05) is 13.0 Å². The van der Waals surface area contributed by atoms with Crippen LogP contribution in [0.2, 0.25) is 0 Å². The number of ether oxygens (including phenoxy) is 3. The molecule has 4 aromatic rings. The predicted molar refractivity (Wildman–Crippen MR) is 149 cm³/mol. The molecule has 1 aliphatic carbocycles. The summed E-state index contributed by atoms with van der Waals surface area (Å²) in [4.78, 5) is 39.7. The Labute approximate surface area is 231 Å². The molecular weight excluding hydrogens is 512 g/mol. The summed E-state index contributed by atoms with van der Waals surface area (Å²) in [5, 5.41) is 13.7. The number of nitrogens with one attached hydrogen (secondary N) is 1. The number of methoxy groups -OCH3 is 1. The van der Waals surface area contributed by atoms with Crippen molar-refractivity contribution in [2.75, 3.05) is 13.7 Å². The highest BCUT2D eigenvalue weighted by Crippen LogP contribution is 2.53. The van der Waals surface area contributed by atoms with Crippen LogP contribution in [0.1, 0.15) is 56.8 Å². The number of nitrogens with zero attached hydrogens (tertiary/aromatic N) is 3. The summed E-state index contributed by atoms with van der Waals surface area (Å²) < 4.78 is 19.8. The van der Waals surface area contributed by atoms with Crippen LogP contribution in [0.4, 0.5) is 4.79 Å². The Morgan fingerprint density at radius 3 is 2.60 bits per heavy atom. The van der Waals surface area contributed by atoms with Crippen LogP contribution in [-0.4, -0.2) is 45.7 Å². The number of esters is 1. The van der Waals surface area contributed by atoms with Crippen LogP contribution in [0.15, 0.2) is 41.3 Å². The van der Waals surface area contributed by atoms with Gasteiger partial charge in [-0.1, -0.05) is 0 Å². The molecule has 0 amide bonds. The standard InChI is InChI=1S/C30H32N4O6/c1-7-39-28(36)20-14-19(20)26(34-27(35)21-13-17(15-31)8-9-22(21)32-34)24-18-10-11-33(29(37)40-30(3,4)5)25(18)16(2)12-23(24)38-6/h8-13,19-20,26,32H,7,14H2,1-6H3. The third-order valence-electron chi connectivity index (χ3n) is 7.22. The highest BCUT2D eigenvalue weighted by Gasteiger charge is 2.52. The first kappa shape index (κ1) is 27.1. The van der Waals surface area contributed by atoms with Crippen molar-refractivity contribution in [3.05, 3.63) is 63.6 Å². The van der Waals surface area contributed by atoms with Gasteiger partial charge in [-0.3, -0.25) is 19.3 Å². The first-order valence-electron chi connectivity index (χ1n) is 13.2. The Hall–Kier alpha value is -4.52. The molecule has 1 saturated carbocycles. The van der Waals surface area contributed by atoms with Crippen molar-refractivity contribution in [3.63, 3.8) is 0 Å². The maximum absolute atomic E-state index is 13.8.